The predicted molar refractivity (Wildman–Crippen MR) is 82.8 cm³/mol. The average molecular weight is 302 g/mol. The van der Waals surface area contributed by atoms with Crippen LogP contribution < -0.4 is 10.6 Å². The molecule has 2 amide bonds. The molecule has 2 rings (SSSR count). The first kappa shape index (κ1) is 15.6. The van der Waals surface area contributed by atoms with Gasteiger partial charge in [0.2, 0.25) is 11.8 Å². The molecule has 0 fully saturated rings. The number of amides is 2. The van der Waals surface area contributed by atoms with Gasteiger partial charge in [0.15, 0.2) is 0 Å². The van der Waals surface area contributed by atoms with Crippen LogP contribution in [0.15, 0.2) is 34.9 Å². The van der Waals surface area contributed by atoms with Gasteiger partial charge in [-0.25, -0.2) is 0 Å². The van der Waals surface area contributed by atoms with Gasteiger partial charge < -0.3 is 14.7 Å². The van der Waals surface area contributed by atoms with E-state index in [4.69, 9.17) is 4.52 Å². The van der Waals surface area contributed by atoms with Crippen LogP contribution in [0.5, 0.6) is 0 Å². The van der Waals surface area contributed by atoms with Gasteiger partial charge in [0, 0.05) is 31.4 Å². The summed E-state index contributed by atoms with van der Waals surface area (Å²) in [5, 5.41) is 9.24. The fourth-order valence-corrected chi connectivity index (χ4v) is 1.78. The van der Waals surface area contributed by atoms with Gasteiger partial charge in [-0.2, -0.15) is 0 Å². The summed E-state index contributed by atoms with van der Waals surface area (Å²) in [5.41, 5.74) is 2.04. The highest BCUT2D eigenvalue weighted by molar-refractivity contribution is 5.94. The molecular formula is C15H18N4O3. The van der Waals surface area contributed by atoms with Crippen LogP contribution in [0.3, 0.4) is 0 Å². The molecule has 0 radical (unpaired) electrons. The number of carbonyl (C=O) groups excluding carboxylic acids is 2. The van der Waals surface area contributed by atoms with Crippen molar-refractivity contribution in [3.8, 4) is 0 Å². The standard InChI is InChI=1S/C15H18N4O3/c1-10-8-14(22-18-10)17-13(20)9-16-12-6-4-11(5-7-12)15(21)19(2)3/h4-8,16H,9H2,1-3H3,(H,17,20). The molecule has 116 valence electrons. The van der Waals surface area contributed by atoms with Crippen LogP contribution in [0.2, 0.25) is 0 Å². The maximum atomic E-state index is 11.8. The Kier molecular flexibility index (Phi) is 4.77. The Morgan fingerprint density at radius 3 is 2.45 bits per heavy atom. The summed E-state index contributed by atoms with van der Waals surface area (Å²) in [7, 11) is 3.40. The quantitative estimate of drug-likeness (QED) is 0.878. The number of nitrogens with one attached hydrogen (secondary N) is 2. The number of rotatable bonds is 5. The SMILES string of the molecule is Cc1cc(NC(=O)CNc2ccc(C(=O)N(C)C)cc2)on1. The molecule has 7 heteroatoms. The highest BCUT2D eigenvalue weighted by Crippen LogP contribution is 2.11. The first-order chi connectivity index (χ1) is 10.5. The van der Waals surface area contributed by atoms with Crippen molar-refractivity contribution in [2.45, 2.75) is 6.92 Å². The van der Waals surface area contributed by atoms with Gasteiger partial charge in [-0.3, -0.25) is 14.9 Å². The summed E-state index contributed by atoms with van der Waals surface area (Å²) in [6, 6.07) is 8.57. The Labute approximate surface area is 128 Å². The third-order valence-corrected chi connectivity index (χ3v) is 2.88. The minimum atomic E-state index is -0.246. The lowest BCUT2D eigenvalue weighted by atomic mass is 10.2. The van der Waals surface area contributed by atoms with E-state index in [1.807, 2.05) is 0 Å². The van der Waals surface area contributed by atoms with E-state index >= 15 is 0 Å². The van der Waals surface area contributed by atoms with Crippen molar-refractivity contribution >= 4 is 23.4 Å². The van der Waals surface area contributed by atoms with E-state index < -0.39 is 0 Å². The largest absolute Gasteiger partial charge is 0.376 e. The molecule has 0 saturated heterocycles. The number of hydrogen-bond acceptors (Lipinski definition) is 5. The highest BCUT2D eigenvalue weighted by Gasteiger charge is 2.08. The number of benzene rings is 1. The molecule has 2 N–H and O–H groups in total. The van der Waals surface area contributed by atoms with Gasteiger partial charge in [-0.15, -0.1) is 0 Å². The van der Waals surface area contributed by atoms with Gasteiger partial charge in [-0.05, 0) is 31.2 Å². The summed E-state index contributed by atoms with van der Waals surface area (Å²) in [5.74, 6) is 0.00537. The normalized spacial score (nSPS) is 10.1. The van der Waals surface area contributed by atoms with Gasteiger partial charge in [0.25, 0.3) is 5.91 Å². The Morgan fingerprint density at radius 2 is 1.91 bits per heavy atom. The summed E-state index contributed by atoms with van der Waals surface area (Å²) in [6.07, 6.45) is 0. The zero-order valence-corrected chi connectivity index (χ0v) is 12.7. The molecule has 0 spiro atoms. The number of hydrogen-bond donors (Lipinski definition) is 2. The van der Waals surface area contributed by atoms with E-state index in [2.05, 4.69) is 15.8 Å². The minimum Gasteiger partial charge on any atom is -0.376 e. The molecular weight excluding hydrogens is 284 g/mol. The maximum absolute atomic E-state index is 11.8. The highest BCUT2D eigenvalue weighted by atomic mass is 16.5. The summed E-state index contributed by atoms with van der Waals surface area (Å²) >= 11 is 0. The molecule has 0 saturated carbocycles. The fraction of sp³-hybridized carbons (Fsp3) is 0.267. The van der Waals surface area contributed by atoms with Gasteiger partial charge in [-0.1, -0.05) is 5.16 Å². The molecule has 1 aromatic carbocycles. The summed E-state index contributed by atoms with van der Waals surface area (Å²) in [4.78, 5) is 25.0. The second-order valence-electron chi connectivity index (χ2n) is 5.01. The van der Waals surface area contributed by atoms with E-state index in [0.29, 0.717) is 17.1 Å². The third-order valence-electron chi connectivity index (χ3n) is 2.88. The molecule has 0 aliphatic carbocycles. The van der Waals surface area contributed by atoms with E-state index in [0.717, 1.165) is 5.69 Å². The maximum Gasteiger partial charge on any atom is 0.253 e. The first-order valence-electron chi connectivity index (χ1n) is 6.74. The van der Waals surface area contributed by atoms with Gasteiger partial charge >= 0.3 is 0 Å². The van der Waals surface area contributed by atoms with Crippen molar-refractivity contribution in [3.05, 3.63) is 41.6 Å². The topological polar surface area (TPSA) is 87.5 Å². The molecule has 0 aliphatic heterocycles. The molecule has 0 atom stereocenters. The molecule has 1 aromatic heterocycles. The van der Waals surface area contributed by atoms with Crippen LogP contribution in [0.1, 0.15) is 16.1 Å². The molecule has 0 unspecified atom stereocenters. The number of aromatic nitrogens is 1. The van der Waals surface area contributed by atoms with Crippen molar-refractivity contribution in [3.63, 3.8) is 0 Å². The van der Waals surface area contributed by atoms with Gasteiger partial charge in [0.05, 0.1) is 12.2 Å². The number of nitrogens with zero attached hydrogens (tertiary/aromatic N) is 2. The zero-order valence-electron chi connectivity index (χ0n) is 12.7. The lowest BCUT2D eigenvalue weighted by Gasteiger charge is -2.11. The first-order valence-corrected chi connectivity index (χ1v) is 6.74. The Bertz CT molecular complexity index is 662. The van der Waals surface area contributed by atoms with Crippen molar-refractivity contribution < 1.29 is 14.1 Å². The molecule has 2 aromatic rings. The second-order valence-corrected chi connectivity index (χ2v) is 5.01. The van der Waals surface area contributed by atoms with E-state index in [-0.39, 0.29) is 18.4 Å². The lowest BCUT2D eigenvalue weighted by Crippen LogP contribution is -2.22. The smallest absolute Gasteiger partial charge is 0.253 e. The molecule has 1 heterocycles. The zero-order chi connectivity index (χ0) is 16.1. The van der Waals surface area contributed by atoms with Crippen LogP contribution in [0.25, 0.3) is 0 Å². The lowest BCUT2D eigenvalue weighted by molar-refractivity contribution is -0.114. The monoisotopic (exact) mass is 302 g/mol. The van der Waals surface area contributed by atoms with E-state index in [1.165, 1.54) is 4.90 Å². The van der Waals surface area contributed by atoms with Crippen molar-refractivity contribution in [2.24, 2.45) is 0 Å². The minimum absolute atomic E-state index is 0.0648. The van der Waals surface area contributed by atoms with Crippen molar-refractivity contribution in [2.75, 3.05) is 31.3 Å². The van der Waals surface area contributed by atoms with Crippen LogP contribution in [0, 0.1) is 6.92 Å². The van der Waals surface area contributed by atoms with Crippen molar-refractivity contribution in [1.82, 2.24) is 10.1 Å². The molecule has 22 heavy (non-hydrogen) atoms. The Hall–Kier alpha value is -2.83. The molecule has 0 aliphatic rings. The third kappa shape index (κ3) is 4.08. The van der Waals surface area contributed by atoms with Crippen LogP contribution >= 0.6 is 0 Å². The number of carbonyl (C=O) groups is 2. The Morgan fingerprint density at radius 1 is 1.23 bits per heavy atom. The van der Waals surface area contributed by atoms with E-state index in [9.17, 15) is 9.59 Å². The second kappa shape index (κ2) is 6.75. The number of aryl methyl sites for hydroxylation is 1. The van der Waals surface area contributed by atoms with Crippen LogP contribution in [-0.2, 0) is 4.79 Å². The average Bonchev–Trinajstić information content (AvgIpc) is 2.90. The molecule has 7 nitrogen and oxygen atoms in total. The van der Waals surface area contributed by atoms with E-state index in [1.54, 1.807) is 51.4 Å². The van der Waals surface area contributed by atoms with Crippen molar-refractivity contribution in [1.29, 1.82) is 0 Å². The van der Waals surface area contributed by atoms with Gasteiger partial charge in [0.1, 0.15) is 0 Å². The molecule has 0 bridgehead atoms. The summed E-state index contributed by atoms with van der Waals surface area (Å²) in [6.45, 7) is 1.86. The summed E-state index contributed by atoms with van der Waals surface area (Å²) < 4.78 is 4.90. The number of anilines is 2. The van der Waals surface area contributed by atoms with Crippen LogP contribution in [0.4, 0.5) is 11.6 Å². The van der Waals surface area contributed by atoms with Crippen LogP contribution in [-0.4, -0.2) is 42.5 Å². The predicted octanol–water partition coefficient (Wildman–Crippen LogP) is 1.74. The fourth-order valence-electron chi connectivity index (χ4n) is 1.78. The Balaban J connectivity index is 1.86.